The van der Waals surface area contributed by atoms with Crippen LogP contribution in [0.4, 0.5) is 0 Å². The second-order valence-electron chi connectivity index (χ2n) is 4.51. The first-order chi connectivity index (χ1) is 5.85. The quantitative estimate of drug-likeness (QED) is 0.710. The standard InChI is InChI=1S/C10H16O3/c1-6-8(11)4-7(5-9(12)13)10(6,2)3/h6-7H,4-5H2,1-3H3,(H,12,13)/t6-,7-/m1/s1. The highest BCUT2D eigenvalue weighted by Crippen LogP contribution is 2.46. The second-order valence-corrected chi connectivity index (χ2v) is 4.51. The topological polar surface area (TPSA) is 54.4 Å². The zero-order valence-electron chi connectivity index (χ0n) is 8.33. The van der Waals surface area contributed by atoms with Crippen molar-refractivity contribution in [2.75, 3.05) is 0 Å². The van der Waals surface area contributed by atoms with Gasteiger partial charge in [0.15, 0.2) is 0 Å². The number of Topliss-reactive ketones (excluding diaryl/α,β-unsaturated/α-hetero) is 1. The van der Waals surface area contributed by atoms with Gasteiger partial charge >= 0.3 is 5.97 Å². The number of rotatable bonds is 2. The second kappa shape index (κ2) is 3.13. The van der Waals surface area contributed by atoms with Crippen molar-refractivity contribution >= 4 is 11.8 Å². The van der Waals surface area contributed by atoms with Crippen LogP contribution >= 0.6 is 0 Å². The van der Waals surface area contributed by atoms with Crippen molar-refractivity contribution in [3.8, 4) is 0 Å². The van der Waals surface area contributed by atoms with Gasteiger partial charge in [-0.15, -0.1) is 0 Å². The van der Waals surface area contributed by atoms with Gasteiger partial charge in [-0.25, -0.2) is 0 Å². The van der Waals surface area contributed by atoms with Crippen molar-refractivity contribution in [1.29, 1.82) is 0 Å². The third-order valence-electron chi connectivity index (χ3n) is 3.52. The molecule has 0 spiro atoms. The number of carbonyl (C=O) groups excluding carboxylic acids is 1. The summed E-state index contributed by atoms with van der Waals surface area (Å²) in [6, 6.07) is 0. The maximum Gasteiger partial charge on any atom is 0.303 e. The fourth-order valence-electron chi connectivity index (χ4n) is 2.00. The van der Waals surface area contributed by atoms with Crippen LogP contribution in [0.5, 0.6) is 0 Å². The van der Waals surface area contributed by atoms with Crippen molar-refractivity contribution < 1.29 is 14.7 Å². The summed E-state index contributed by atoms with van der Waals surface area (Å²) < 4.78 is 0. The van der Waals surface area contributed by atoms with Gasteiger partial charge in [-0.05, 0) is 11.3 Å². The first kappa shape index (κ1) is 10.2. The summed E-state index contributed by atoms with van der Waals surface area (Å²) in [5.74, 6) is -0.597. The van der Waals surface area contributed by atoms with Crippen molar-refractivity contribution in [3.63, 3.8) is 0 Å². The summed E-state index contributed by atoms with van der Waals surface area (Å²) in [6.07, 6.45) is 0.545. The zero-order chi connectivity index (χ0) is 10.2. The summed E-state index contributed by atoms with van der Waals surface area (Å²) >= 11 is 0. The minimum atomic E-state index is -0.806. The summed E-state index contributed by atoms with van der Waals surface area (Å²) in [4.78, 5) is 21.9. The molecule has 0 aromatic heterocycles. The fourth-order valence-corrected chi connectivity index (χ4v) is 2.00. The molecule has 0 amide bonds. The largest absolute Gasteiger partial charge is 0.481 e. The lowest BCUT2D eigenvalue weighted by Crippen LogP contribution is -2.26. The normalized spacial score (nSPS) is 32.1. The summed E-state index contributed by atoms with van der Waals surface area (Å²) in [5, 5.41) is 8.67. The number of carboxylic acid groups (broad SMARTS) is 1. The number of carboxylic acids is 1. The Labute approximate surface area is 78.1 Å². The molecule has 3 nitrogen and oxygen atoms in total. The Morgan fingerprint density at radius 3 is 2.46 bits per heavy atom. The highest BCUT2D eigenvalue weighted by Gasteiger charge is 2.46. The Morgan fingerprint density at radius 2 is 2.15 bits per heavy atom. The Bertz CT molecular complexity index is 241. The van der Waals surface area contributed by atoms with E-state index in [1.165, 1.54) is 0 Å². The molecule has 3 heteroatoms. The van der Waals surface area contributed by atoms with Crippen LogP contribution in [0.1, 0.15) is 33.6 Å². The molecule has 13 heavy (non-hydrogen) atoms. The Hall–Kier alpha value is -0.860. The van der Waals surface area contributed by atoms with Crippen LogP contribution in [0.25, 0.3) is 0 Å². The van der Waals surface area contributed by atoms with Gasteiger partial charge in [-0.1, -0.05) is 20.8 Å². The average Bonchev–Trinajstić information content (AvgIpc) is 2.15. The molecule has 0 radical (unpaired) electrons. The van der Waals surface area contributed by atoms with E-state index >= 15 is 0 Å². The van der Waals surface area contributed by atoms with E-state index in [0.717, 1.165) is 0 Å². The molecule has 0 aliphatic heterocycles. The van der Waals surface area contributed by atoms with Crippen LogP contribution in [0.15, 0.2) is 0 Å². The Balaban J connectivity index is 2.78. The SMILES string of the molecule is C[C@@H]1C(=O)C[C@H](CC(=O)O)C1(C)C. The molecule has 1 aliphatic carbocycles. The van der Waals surface area contributed by atoms with Gasteiger partial charge in [-0.2, -0.15) is 0 Å². The van der Waals surface area contributed by atoms with Gasteiger partial charge < -0.3 is 5.11 Å². The number of ketones is 1. The van der Waals surface area contributed by atoms with Crippen LogP contribution in [0, 0.1) is 17.3 Å². The molecular formula is C10H16O3. The molecule has 1 N–H and O–H groups in total. The molecular weight excluding hydrogens is 168 g/mol. The smallest absolute Gasteiger partial charge is 0.303 e. The van der Waals surface area contributed by atoms with Gasteiger partial charge in [0.1, 0.15) is 5.78 Å². The van der Waals surface area contributed by atoms with Crippen LogP contribution in [-0.2, 0) is 9.59 Å². The summed E-state index contributed by atoms with van der Waals surface area (Å²) in [7, 11) is 0. The maximum atomic E-state index is 11.4. The molecule has 0 aromatic carbocycles. The maximum absolute atomic E-state index is 11.4. The lowest BCUT2D eigenvalue weighted by atomic mass is 9.75. The molecule has 0 unspecified atom stereocenters. The third kappa shape index (κ3) is 1.74. The fraction of sp³-hybridized carbons (Fsp3) is 0.800. The van der Waals surface area contributed by atoms with E-state index in [-0.39, 0.29) is 29.5 Å². The van der Waals surface area contributed by atoms with Crippen molar-refractivity contribution in [2.45, 2.75) is 33.6 Å². The molecule has 74 valence electrons. The zero-order valence-corrected chi connectivity index (χ0v) is 8.33. The Kier molecular flexibility index (Phi) is 2.46. The molecule has 1 fully saturated rings. The van der Waals surface area contributed by atoms with Crippen molar-refractivity contribution in [3.05, 3.63) is 0 Å². The lowest BCUT2D eigenvalue weighted by molar-refractivity contribution is -0.139. The monoisotopic (exact) mass is 184 g/mol. The van der Waals surface area contributed by atoms with E-state index < -0.39 is 5.97 Å². The van der Waals surface area contributed by atoms with Crippen LogP contribution < -0.4 is 0 Å². The summed E-state index contributed by atoms with van der Waals surface area (Å²) in [5.41, 5.74) is -0.157. The van der Waals surface area contributed by atoms with Gasteiger partial charge in [0.25, 0.3) is 0 Å². The average molecular weight is 184 g/mol. The van der Waals surface area contributed by atoms with E-state index in [2.05, 4.69) is 0 Å². The van der Waals surface area contributed by atoms with E-state index in [1.54, 1.807) is 0 Å². The molecule has 0 bridgehead atoms. The molecule has 0 saturated heterocycles. The van der Waals surface area contributed by atoms with Crippen LogP contribution in [-0.4, -0.2) is 16.9 Å². The van der Waals surface area contributed by atoms with E-state index in [9.17, 15) is 9.59 Å². The Morgan fingerprint density at radius 1 is 1.62 bits per heavy atom. The molecule has 1 rings (SSSR count). The van der Waals surface area contributed by atoms with Crippen LogP contribution in [0.3, 0.4) is 0 Å². The molecule has 0 heterocycles. The third-order valence-corrected chi connectivity index (χ3v) is 3.52. The van der Waals surface area contributed by atoms with Gasteiger partial charge in [0.2, 0.25) is 0 Å². The van der Waals surface area contributed by atoms with Gasteiger partial charge in [-0.3, -0.25) is 9.59 Å². The van der Waals surface area contributed by atoms with E-state index in [1.807, 2.05) is 20.8 Å². The van der Waals surface area contributed by atoms with Gasteiger partial charge in [0, 0.05) is 18.8 Å². The number of hydrogen-bond acceptors (Lipinski definition) is 2. The number of hydrogen-bond donors (Lipinski definition) is 1. The highest BCUT2D eigenvalue weighted by molar-refractivity contribution is 5.85. The minimum absolute atomic E-state index is 0.00292. The minimum Gasteiger partial charge on any atom is -0.481 e. The van der Waals surface area contributed by atoms with Gasteiger partial charge in [0.05, 0.1) is 0 Å². The van der Waals surface area contributed by atoms with E-state index in [4.69, 9.17) is 5.11 Å². The highest BCUT2D eigenvalue weighted by atomic mass is 16.4. The lowest BCUT2D eigenvalue weighted by Gasteiger charge is -2.28. The number of aliphatic carboxylic acids is 1. The predicted molar refractivity (Wildman–Crippen MR) is 48.3 cm³/mol. The predicted octanol–water partition coefficient (Wildman–Crippen LogP) is 1.71. The van der Waals surface area contributed by atoms with Crippen LogP contribution in [0.2, 0.25) is 0 Å². The summed E-state index contributed by atoms with van der Waals surface area (Å²) in [6.45, 7) is 5.86. The molecule has 1 saturated carbocycles. The molecule has 2 atom stereocenters. The van der Waals surface area contributed by atoms with Crippen molar-refractivity contribution in [1.82, 2.24) is 0 Å². The molecule has 0 aromatic rings. The first-order valence-corrected chi connectivity index (χ1v) is 4.60. The number of carbonyl (C=O) groups is 2. The first-order valence-electron chi connectivity index (χ1n) is 4.60. The van der Waals surface area contributed by atoms with E-state index in [0.29, 0.717) is 6.42 Å². The van der Waals surface area contributed by atoms with Crippen molar-refractivity contribution in [2.24, 2.45) is 17.3 Å². The molecule has 1 aliphatic rings.